The third kappa shape index (κ3) is 2.53. The molecule has 0 amide bonds. The Morgan fingerprint density at radius 2 is 2.12 bits per heavy atom. The van der Waals surface area contributed by atoms with E-state index < -0.39 is 0 Å². The van der Waals surface area contributed by atoms with Crippen LogP contribution in [0.2, 0.25) is 0 Å². The largest absolute Gasteiger partial charge is 0.493 e. The Labute approximate surface area is 97.9 Å². The molecule has 1 aromatic heterocycles. The fraction of sp³-hybridized carbons (Fsp3) is 0.154. The van der Waals surface area contributed by atoms with Crippen molar-refractivity contribution in [1.82, 2.24) is 4.98 Å². The molecule has 0 aliphatic carbocycles. The molecule has 0 saturated heterocycles. The third-order valence-corrected chi connectivity index (χ3v) is 2.30. The van der Waals surface area contributed by atoms with Crippen LogP contribution in [-0.4, -0.2) is 11.6 Å². The molecule has 0 fully saturated rings. The molecule has 2 aromatic rings. The Hall–Kier alpha value is -2.10. The molecule has 0 unspecified atom stereocenters. The van der Waals surface area contributed by atoms with E-state index in [0.717, 1.165) is 0 Å². The number of benzene rings is 1. The number of hydrogen-bond acceptors (Lipinski definition) is 2. The highest BCUT2D eigenvalue weighted by Gasteiger charge is 2.08. The van der Waals surface area contributed by atoms with Crippen LogP contribution < -0.4 is 10.3 Å². The number of pyridine rings is 1. The lowest BCUT2D eigenvalue weighted by atomic mass is 10.1. The van der Waals surface area contributed by atoms with Gasteiger partial charge < -0.3 is 9.72 Å². The third-order valence-electron chi connectivity index (χ3n) is 2.30. The van der Waals surface area contributed by atoms with Gasteiger partial charge in [0.2, 0.25) is 5.56 Å². The highest BCUT2D eigenvalue weighted by Crippen LogP contribution is 2.28. The van der Waals surface area contributed by atoms with Gasteiger partial charge in [0.1, 0.15) is 11.6 Å². The van der Waals surface area contributed by atoms with Crippen molar-refractivity contribution >= 4 is 0 Å². The summed E-state index contributed by atoms with van der Waals surface area (Å²) in [5.41, 5.74) is 0.860. The second-order valence-corrected chi connectivity index (χ2v) is 3.50. The molecular formula is C13H12FNO2. The lowest BCUT2D eigenvalue weighted by Crippen LogP contribution is -2.04. The van der Waals surface area contributed by atoms with Crippen LogP contribution in [0.5, 0.6) is 5.75 Å². The van der Waals surface area contributed by atoms with Crippen LogP contribution in [-0.2, 0) is 0 Å². The SMILES string of the molecule is CCOc1ccc(F)cc1-c1cccc(=O)[nH]1. The second-order valence-electron chi connectivity index (χ2n) is 3.50. The van der Waals surface area contributed by atoms with E-state index in [-0.39, 0.29) is 11.4 Å². The lowest BCUT2D eigenvalue weighted by Gasteiger charge is -2.09. The molecule has 0 atom stereocenters. The first-order valence-corrected chi connectivity index (χ1v) is 5.33. The van der Waals surface area contributed by atoms with Crippen molar-refractivity contribution in [2.75, 3.05) is 6.61 Å². The average molecular weight is 233 g/mol. The summed E-state index contributed by atoms with van der Waals surface area (Å²) in [5, 5.41) is 0. The molecular weight excluding hydrogens is 221 g/mol. The predicted molar refractivity (Wildman–Crippen MR) is 63.6 cm³/mol. The van der Waals surface area contributed by atoms with Crippen molar-refractivity contribution in [3.63, 3.8) is 0 Å². The lowest BCUT2D eigenvalue weighted by molar-refractivity contribution is 0.341. The van der Waals surface area contributed by atoms with E-state index in [4.69, 9.17) is 4.74 Å². The number of halogens is 1. The van der Waals surface area contributed by atoms with Gasteiger partial charge in [0.05, 0.1) is 12.3 Å². The second kappa shape index (κ2) is 4.82. The van der Waals surface area contributed by atoms with Gasteiger partial charge in [-0.25, -0.2) is 4.39 Å². The Morgan fingerprint density at radius 1 is 1.29 bits per heavy atom. The van der Waals surface area contributed by atoms with Crippen LogP contribution in [0.25, 0.3) is 11.3 Å². The number of aromatic nitrogens is 1. The van der Waals surface area contributed by atoms with Crippen molar-refractivity contribution in [1.29, 1.82) is 0 Å². The van der Waals surface area contributed by atoms with Gasteiger partial charge in [-0.15, -0.1) is 0 Å². The Morgan fingerprint density at radius 3 is 2.82 bits per heavy atom. The maximum Gasteiger partial charge on any atom is 0.248 e. The predicted octanol–water partition coefficient (Wildman–Crippen LogP) is 2.58. The van der Waals surface area contributed by atoms with Gasteiger partial charge in [-0.2, -0.15) is 0 Å². The summed E-state index contributed by atoms with van der Waals surface area (Å²) < 4.78 is 18.6. The first-order chi connectivity index (χ1) is 8.20. The van der Waals surface area contributed by atoms with Crippen molar-refractivity contribution < 1.29 is 9.13 Å². The zero-order valence-corrected chi connectivity index (χ0v) is 9.37. The van der Waals surface area contributed by atoms with E-state index in [2.05, 4.69) is 4.98 Å². The van der Waals surface area contributed by atoms with Gasteiger partial charge in [-0.1, -0.05) is 6.07 Å². The van der Waals surface area contributed by atoms with Crippen LogP contribution in [0.15, 0.2) is 41.2 Å². The van der Waals surface area contributed by atoms with Crippen LogP contribution in [0, 0.1) is 5.82 Å². The van der Waals surface area contributed by atoms with Gasteiger partial charge in [-0.3, -0.25) is 4.79 Å². The first-order valence-electron chi connectivity index (χ1n) is 5.33. The summed E-state index contributed by atoms with van der Waals surface area (Å²) in [4.78, 5) is 13.9. The minimum Gasteiger partial charge on any atom is -0.493 e. The number of ether oxygens (including phenoxy) is 1. The van der Waals surface area contributed by atoms with Crippen molar-refractivity contribution in [2.24, 2.45) is 0 Å². The molecule has 0 radical (unpaired) electrons. The Kier molecular flexibility index (Phi) is 3.23. The van der Waals surface area contributed by atoms with Crippen LogP contribution >= 0.6 is 0 Å². The molecule has 0 bridgehead atoms. The van der Waals surface area contributed by atoms with Crippen LogP contribution in [0.4, 0.5) is 4.39 Å². The summed E-state index contributed by atoms with van der Waals surface area (Å²) in [6.45, 7) is 2.33. The summed E-state index contributed by atoms with van der Waals surface area (Å²) in [7, 11) is 0. The van der Waals surface area contributed by atoms with E-state index in [1.807, 2.05) is 6.92 Å². The van der Waals surface area contributed by atoms with E-state index in [1.165, 1.54) is 18.2 Å². The number of H-pyrrole nitrogens is 1. The van der Waals surface area contributed by atoms with E-state index in [1.54, 1.807) is 18.2 Å². The fourth-order valence-electron chi connectivity index (χ4n) is 1.60. The van der Waals surface area contributed by atoms with Gasteiger partial charge >= 0.3 is 0 Å². The summed E-state index contributed by atoms with van der Waals surface area (Å²) >= 11 is 0. The number of rotatable bonds is 3. The van der Waals surface area contributed by atoms with Crippen molar-refractivity contribution in [3.8, 4) is 17.0 Å². The summed E-state index contributed by atoms with van der Waals surface area (Å²) in [5.74, 6) is 0.184. The Bertz CT molecular complexity index is 578. The minimum atomic E-state index is -0.367. The minimum absolute atomic E-state index is 0.228. The van der Waals surface area contributed by atoms with E-state index in [0.29, 0.717) is 23.6 Å². The van der Waals surface area contributed by atoms with Crippen molar-refractivity contribution in [3.05, 3.63) is 52.6 Å². The molecule has 1 heterocycles. The molecule has 0 spiro atoms. The van der Waals surface area contributed by atoms with Gasteiger partial charge in [0, 0.05) is 11.6 Å². The van der Waals surface area contributed by atoms with Gasteiger partial charge in [0.25, 0.3) is 0 Å². The summed E-state index contributed by atoms with van der Waals surface area (Å²) in [6.07, 6.45) is 0. The number of aromatic amines is 1. The molecule has 0 saturated carbocycles. The van der Waals surface area contributed by atoms with Gasteiger partial charge in [-0.05, 0) is 31.2 Å². The zero-order chi connectivity index (χ0) is 12.3. The normalized spacial score (nSPS) is 10.2. The monoisotopic (exact) mass is 233 g/mol. The maximum atomic E-state index is 13.2. The van der Waals surface area contributed by atoms with E-state index in [9.17, 15) is 9.18 Å². The standard InChI is InChI=1S/C13H12FNO2/c1-2-17-12-7-6-9(14)8-10(12)11-4-3-5-13(16)15-11/h3-8H,2H2,1H3,(H,15,16). The fourth-order valence-corrected chi connectivity index (χ4v) is 1.60. The molecule has 88 valence electrons. The van der Waals surface area contributed by atoms with Crippen molar-refractivity contribution in [2.45, 2.75) is 6.92 Å². The molecule has 3 nitrogen and oxygen atoms in total. The van der Waals surface area contributed by atoms with Gasteiger partial charge in [0.15, 0.2) is 0 Å². The maximum absolute atomic E-state index is 13.2. The Balaban J connectivity index is 2.56. The number of hydrogen-bond donors (Lipinski definition) is 1. The molecule has 0 aliphatic rings. The number of nitrogens with one attached hydrogen (secondary N) is 1. The van der Waals surface area contributed by atoms with E-state index >= 15 is 0 Å². The van der Waals surface area contributed by atoms with Crippen LogP contribution in [0.1, 0.15) is 6.92 Å². The summed E-state index contributed by atoms with van der Waals surface area (Å²) in [6, 6.07) is 8.96. The first kappa shape index (κ1) is 11.4. The topological polar surface area (TPSA) is 42.1 Å². The quantitative estimate of drug-likeness (QED) is 0.885. The molecule has 2 rings (SSSR count). The molecule has 1 aromatic carbocycles. The molecule has 0 aliphatic heterocycles. The van der Waals surface area contributed by atoms with Crippen LogP contribution in [0.3, 0.4) is 0 Å². The molecule has 17 heavy (non-hydrogen) atoms. The smallest absolute Gasteiger partial charge is 0.248 e. The molecule has 4 heteroatoms. The zero-order valence-electron chi connectivity index (χ0n) is 9.37. The average Bonchev–Trinajstić information content (AvgIpc) is 2.32. The molecule has 1 N–H and O–H groups in total. The highest BCUT2D eigenvalue weighted by atomic mass is 19.1. The highest BCUT2D eigenvalue weighted by molar-refractivity contribution is 5.66.